The number of carbonyl (C=O) groups excluding carboxylic acids is 1. The van der Waals surface area contributed by atoms with Gasteiger partial charge in [0, 0.05) is 43.6 Å². The van der Waals surface area contributed by atoms with Crippen molar-refractivity contribution in [2.75, 3.05) is 20.1 Å². The molecule has 3 aromatic heterocycles. The SMILES string of the molecule is CN1CC[C@@H](CNC(=O)c2ccc3nccn3c2)[C@@H]1c1cccnc1. The molecule has 0 unspecified atom stereocenters. The quantitative estimate of drug-likeness (QED) is 0.794. The largest absolute Gasteiger partial charge is 0.352 e. The molecule has 1 amide bonds. The average molecular weight is 335 g/mol. The van der Waals surface area contributed by atoms with Gasteiger partial charge in [0.15, 0.2) is 0 Å². The number of hydrogen-bond donors (Lipinski definition) is 1. The summed E-state index contributed by atoms with van der Waals surface area (Å²) in [5.41, 5.74) is 2.70. The number of fused-ring (bicyclic) bond motifs is 1. The Labute approximate surface area is 146 Å². The average Bonchev–Trinajstić information content (AvgIpc) is 3.26. The zero-order valence-corrected chi connectivity index (χ0v) is 14.2. The minimum Gasteiger partial charge on any atom is -0.352 e. The predicted octanol–water partition coefficient (Wildman–Crippen LogP) is 2.15. The lowest BCUT2D eigenvalue weighted by molar-refractivity contribution is 0.0943. The number of hydrogen-bond acceptors (Lipinski definition) is 4. The third-order valence-electron chi connectivity index (χ3n) is 4.98. The molecule has 0 aromatic carbocycles. The van der Waals surface area contributed by atoms with E-state index in [0.29, 0.717) is 24.1 Å². The van der Waals surface area contributed by atoms with E-state index in [1.165, 1.54) is 5.56 Å². The van der Waals surface area contributed by atoms with E-state index in [1.54, 1.807) is 12.4 Å². The van der Waals surface area contributed by atoms with Gasteiger partial charge in [-0.25, -0.2) is 4.98 Å². The lowest BCUT2D eigenvalue weighted by Gasteiger charge is -2.25. The molecule has 128 valence electrons. The molecule has 0 saturated carbocycles. The monoisotopic (exact) mass is 335 g/mol. The highest BCUT2D eigenvalue weighted by molar-refractivity contribution is 5.94. The summed E-state index contributed by atoms with van der Waals surface area (Å²) in [6.45, 7) is 1.69. The Balaban J connectivity index is 1.45. The van der Waals surface area contributed by atoms with Crippen molar-refractivity contribution >= 4 is 11.6 Å². The van der Waals surface area contributed by atoms with Crippen molar-refractivity contribution in [3.8, 4) is 0 Å². The number of rotatable bonds is 4. The molecule has 1 saturated heterocycles. The lowest BCUT2D eigenvalue weighted by Crippen LogP contribution is -2.32. The summed E-state index contributed by atoms with van der Waals surface area (Å²) in [6, 6.07) is 8.05. The van der Waals surface area contributed by atoms with Gasteiger partial charge in [0.25, 0.3) is 5.91 Å². The van der Waals surface area contributed by atoms with Gasteiger partial charge in [-0.3, -0.25) is 14.7 Å². The number of aromatic nitrogens is 3. The van der Waals surface area contributed by atoms with Gasteiger partial charge in [0.1, 0.15) is 5.65 Å². The van der Waals surface area contributed by atoms with Crippen molar-refractivity contribution in [3.63, 3.8) is 0 Å². The van der Waals surface area contributed by atoms with E-state index in [4.69, 9.17) is 0 Å². The van der Waals surface area contributed by atoms with Crippen LogP contribution in [0.15, 0.2) is 55.2 Å². The Bertz CT molecular complexity index is 876. The normalized spacial score (nSPS) is 20.8. The topological polar surface area (TPSA) is 62.5 Å². The van der Waals surface area contributed by atoms with Crippen molar-refractivity contribution in [1.29, 1.82) is 0 Å². The summed E-state index contributed by atoms with van der Waals surface area (Å²) < 4.78 is 1.86. The molecule has 4 heterocycles. The van der Waals surface area contributed by atoms with Crippen LogP contribution >= 0.6 is 0 Å². The van der Waals surface area contributed by atoms with Crippen molar-refractivity contribution < 1.29 is 4.79 Å². The smallest absolute Gasteiger partial charge is 0.252 e. The molecule has 0 radical (unpaired) electrons. The maximum absolute atomic E-state index is 12.5. The van der Waals surface area contributed by atoms with Crippen LogP contribution in [0, 0.1) is 5.92 Å². The Hall–Kier alpha value is -2.73. The minimum absolute atomic E-state index is 0.0462. The summed E-state index contributed by atoms with van der Waals surface area (Å²) in [5, 5.41) is 3.10. The first-order valence-electron chi connectivity index (χ1n) is 8.53. The molecule has 1 N–H and O–H groups in total. The van der Waals surface area contributed by atoms with Crippen LogP contribution in [-0.4, -0.2) is 45.3 Å². The van der Waals surface area contributed by atoms with Crippen LogP contribution in [-0.2, 0) is 0 Å². The van der Waals surface area contributed by atoms with Crippen molar-refractivity contribution in [2.24, 2.45) is 5.92 Å². The number of pyridine rings is 2. The third-order valence-corrected chi connectivity index (χ3v) is 4.98. The summed E-state index contributed by atoms with van der Waals surface area (Å²) in [4.78, 5) is 23.3. The highest BCUT2D eigenvalue weighted by Crippen LogP contribution is 2.35. The Morgan fingerprint density at radius 1 is 1.32 bits per heavy atom. The van der Waals surface area contributed by atoms with Crippen LogP contribution in [0.4, 0.5) is 0 Å². The van der Waals surface area contributed by atoms with E-state index in [1.807, 2.05) is 41.2 Å². The predicted molar refractivity (Wildman–Crippen MR) is 95.2 cm³/mol. The van der Waals surface area contributed by atoms with Crippen molar-refractivity contribution in [1.82, 2.24) is 24.6 Å². The standard InChI is InChI=1S/C19H21N5O/c1-23-9-6-15(18(23)14-3-2-7-20-11-14)12-22-19(25)16-4-5-17-21-8-10-24(17)13-16/h2-5,7-8,10-11,13,15,18H,6,9,12H2,1H3,(H,22,25)/t15-,18-/m0/s1. The number of amides is 1. The van der Waals surface area contributed by atoms with Crippen LogP contribution in [0.2, 0.25) is 0 Å². The van der Waals surface area contributed by atoms with E-state index in [2.05, 4.69) is 33.3 Å². The molecule has 6 nitrogen and oxygen atoms in total. The Morgan fingerprint density at radius 3 is 3.08 bits per heavy atom. The molecule has 0 bridgehead atoms. The number of imidazole rings is 1. The zero-order valence-electron chi connectivity index (χ0n) is 14.2. The molecule has 6 heteroatoms. The van der Waals surface area contributed by atoms with Gasteiger partial charge in [-0.15, -0.1) is 0 Å². The lowest BCUT2D eigenvalue weighted by atomic mass is 9.94. The van der Waals surface area contributed by atoms with E-state index in [0.717, 1.165) is 18.6 Å². The summed E-state index contributed by atoms with van der Waals surface area (Å²) in [7, 11) is 2.13. The molecule has 0 spiro atoms. The first kappa shape index (κ1) is 15.8. The van der Waals surface area contributed by atoms with Gasteiger partial charge < -0.3 is 9.72 Å². The third kappa shape index (κ3) is 3.13. The molecule has 0 aliphatic carbocycles. The van der Waals surface area contributed by atoms with Gasteiger partial charge in [0.2, 0.25) is 0 Å². The van der Waals surface area contributed by atoms with Crippen LogP contribution < -0.4 is 5.32 Å². The fraction of sp³-hybridized carbons (Fsp3) is 0.316. The zero-order chi connectivity index (χ0) is 17.2. The number of nitrogens with one attached hydrogen (secondary N) is 1. The first-order valence-corrected chi connectivity index (χ1v) is 8.53. The summed E-state index contributed by atoms with van der Waals surface area (Å²) in [6.07, 6.45) is 10.2. The van der Waals surface area contributed by atoms with Gasteiger partial charge in [-0.2, -0.15) is 0 Å². The van der Waals surface area contributed by atoms with Gasteiger partial charge >= 0.3 is 0 Å². The van der Waals surface area contributed by atoms with Crippen LogP contribution in [0.3, 0.4) is 0 Å². The molecule has 4 rings (SSSR count). The highest BCUT2D eigenvalue weighted by Gasteiger charge is 2.33. The number of nitrogens with zero attached hydrogens (tertiary/aromatic N) is 4. The second-order valence-corrected chi connectivity index (χ2v) is 6.58. The second kappa shape index (κ2) is 6.64. The number of carbonyl (C=O) groups is 1. The first-order chi connectivity index (χ1) is 12.2. The van der Waals surface area contributed by atoms with Gasteiger partial charge in [-0.1, -0.05) is 6.07 Å². The molecule has 2 atom stereocenters. The molecule has 1 aliphatic rings. The van der Waals surface area contributed by atoms with Crippen LogP contribution in [0.5, 0.6) is 0 Å². The molecule has 1 aliphatic heterocycles. The maximum atomic E-state index is 12.5. The fourth-order valence-electron chi connectivity index (χ4n) is 3.70. The van der Waals surface area contributed by atoms with E-state index >= 15 is 0 Å². The second-order valence-electron chi connectivity index (χ2n) is 6.58. The van der Waals surface area contributed by atoms with Gasteiger partial charge in [0.05, 0.1) is 5.56 Å². The van der Waals surface area contributed by atoms with Crippen LogP contribution in [0.1, 0.15) is 28.4 Å². The molecular formula is C19H21N5O. The number of likely N-dealkylation sites (tertiary alicyclic amines) is 1. The Morgan fingerprint density at radius 2 is 2.24 bits per heavy atom. The summed E-state index contributed by atoms with van der Waals surface area (Å²) >= 11 is 0. The summed E-state index contributed by atoms with van der Waals surface area (Å²) in [5.74, 6) is 0.338. The minimum atomic E-state index is -0.0462. The molecule has 3 aromatic rings. The van der Waals surface area contributed by atoms with E-state index in [-0.39, 0.29) is 5.91 Å². The van der Waals surface area contributed by atoms with Crippen LogP contribution in [0.25, 0.3) is 5.65 Å². The van der Waals surface area contributed by atoms with Crippen molar-refractivity contribution in [3.05, 3.63) is 66.4 Å². The van der Waals surface area contributed by atoms with E-state index in [9.17, 15) is 4.79 Å². The maximum Gasteiger partial charge on any atom is 0.252 e. The molecule has 25 heavy (non-hydrogen) atoms. The fourth-order valence-corrected chi connectivity index (χ4v) is 3.70. The Kier molecular flexibility index (Phi) is 4.19. The molecule has 1 fully saturated rings. The van der Waals surface area contributed by atoms with E-state index < -0.39 is 0 Å². The van der Waals surface area contributed by atoms with Crippen molar-refractivity contribution in [2.45, 2.75) is 12.5 Å². The van der Waals surface area contributed by atoms with Gasteiger partial charge in [-0.05, 0) is 49.7 Å². The highest BCUT2D eigenvalue weighted by atomic mass is 16.1. The molecular weight excluding hydrogens is 314 g/mol.